The Morgan fingerprint density at radius 1 is 0.846 bits per heavy atom. The van der Waals surface area contributed by atoms with Crippen LogP contribution in [-0.2, 0) is 15.0 Å². The van der Waals surface area contributed by atoms with Gasteiger partial charge in [0.2, 0.25) is 0 Å². The molecule has 1 aliphatic rings. The van der Waals surface area contributed by atoms with Gasteiger partial charge in [0.1, 0.15) is 11.5 Å². The lowest BCUT2D eigenvalue weighted by atomic mass is 9.87. The molecule has 39 heavy (non-hydrogen) atoms. The van der Waals surface area contributed by atoms with Gasteiger partial charge in [-0.2, -0.15) is 0 Å². The Morgan fingerprint density at radius 3 is 2.13 bits per heavy atom. The van der Waals surface area contributed by atoms with Crippen molar-refractivity contribution < 1.29 is 19.4 Å². The van der Waals surface area contributed by atoms with Crippen molar-refractivity contribution in [1.82, 2.24) is 0 Å². The number of ketones is 1. The van der Waals surface area contributed by atoms with Crippen LogP contribution in [0.25, 0.3) is 16.5 Å². The molecule has 1 unspecified atom stereocenters. The fraction of sp³-hybridized carbons (Fsp3) is 0.235. The highest BCUT2D eigenvalue weighted by atomic mass is 16.5. The summed E-state index contributed by atoms with van der Waals surface area (Å²) in [5.74, 6) is -0.888. The van der Waals surface area contributed by atoms with E-state index < -0.39 is 17.7 Å². The second kappa shape index (κ2) is 10.1. The highest BCUT2D eigenvalue weighted by Crippen LogP contribution is 2.43. The zero-order valence-electron chi connectivity index (χ0n) is 22.9. The van der Waals surface area contributed by atoms with Gasteiger partial charge in [-0.15, -0.1) is 0 Å². The minimum absolute atomic E-state index is 0.00850. The van der Waals surface area contributed by atoms with Crippen molar-refractivity contribution >= 4 is 33.9 Å². The molecule has 4 aromatic carbocycles. The quantitative estimate of drug-likeness (QED) is 0.168. The van der Waals surface area contributed by atoms with E-state index in [9.17, 15) is 14.7 Å². The highest BCUT2D eigenvalue weighted by Gasteiger charge is 2.47. The van der Waals surface area contributed by atoms with Crippen LogP contribution in [0.4, 0.5) is 5.69 Å². The molecular weight excluding hydrogens is 486 g/mol. The van der Waals surface area contributed by atoms with Crippen molar-refractivity contribution in [2.75, 3.05) is 4.90 Å². The molecule has 1 fully saturated rings. The summed E-state index contributed by atoms with van der Waals surface area (Å²) in [6, 6.07) is 27.5. The molecule has 0 spiro atoms. The summed E-state index contributed by atoms with van der Waals surface area (Å²) in [6.45, 7) is 10.3. The second-order valence-corrected chi connectivity index (χ2v) is 11.2. The molecule has 1 heterocycles. The largest absolute Gasteiger partial charge is 0.507 e. The van der Waals surface area contributed by atoms with Crippen LogP contribution in [0.2, 0.25) is 0 Å². The SMILES string of the molecule is CC(C)Oc1ccc(C2/C(=C(/O)c3cccc4ccccc34)C(=O)C(=O)N2c2ccc(C(C)(C)C)cc2)cc1. The first-order valence-corrected chi connectivity index (χ1v) is 13.2. The van der Waals surface area contributed by atoms with Crippen LogP contribution in [0.5, 0.6) is 5.75 Å². The van der Waals surface area contributed by atoms with Gasteiger partial charge in [0.05, 0.1) is 17.7 Å². The maximum absolute atomic E-state index is 13.6. The molecule has 5 nitrogen and oxygen atoms in total. The third kappa shape index (κ3) is 4.92. The molecule has 198 valence electrons. The van der Waals surface area contributed by atoms with E-state index in [2.05, 4.69) is 20.8 Å². The maximum atomic E-state index is 13.6. The molecule has 4 aromatic rings. The van der Waals surface area contributed by atoms with Crippen LogP contribution in [0.3, 0.4) is 0 Å². The molecule has 0 radical (unpaired) electrons. The molecule has 0 aromatic heterocycles. The molecule has 5 heteroatoms. The predicted molar refractivity (Wildman–Crippen MR) is 156 cm³/mol. The fourth-order valence-electron chi connectivity index (χ4n) is 5.11. The summed E-state index contributed by atoms with van der Waals surface area (Å²) < 4.78 is 5.81. The molecule has 1 N–H and O–H groups in total. The van der Waals surface area contributed by atoms with E-state index in [0.717, 1.165) is 16.3 Å². The molecule has 1 saturated heterocycles. The lowest BCUT2D eigenvalue weighted by Crippen LogP contribution is -2.29. The maximum Gasteiger partial charge on any atom is 0.300 e. The van der Waals surface area contributed by atoms with E-state index in [-0.39, 0.29) is 22.9 Å². The Hall–Kier alpha value is -4.38. The number of aliphatic hydroxyl groups is 1. The number of carbonyl (C=O) groups is 2. The number of carbonyl (C=O) groups excluding carboxylic acids is 2. The van der Waals surface area contributed by atoms with Gasteiger partial charge in [-0.25, -0.2) is 0 Å². The summed E-state index contributed by atoms with van der Waals surface area (Å²) >= 11 is 0. The Kier molecular flexibility index (Phi) is 6.77. The third-order valence-electron chi connectivity index (χ3n) is 7.07. The van der Waals surface area contributed by atoms with E-state index in [1.807, 2.05) is 98.8 Å². The predicted octanol–water partition coefficient (Wildman–Crippen LogP) is 7.55. The van der Waals surface area contributed by atoms with E-state index in [1.165, 1.54) is 4.90 Å². The van der Waals surface area contributed by atoms with E-state index in [1.54, 1.807) is 6.07 Å². The fourth-order valence-corrected chi connectivity index (χ4v) is 5.11. The Balaban J connectivity index is 1.70. The lowest BCUT2D eigenvalue weighted by Gasteiger charge is -2.27. The van der Waals surface area contributed by atoms with Crippen LogP contribution in [-0.4, -0.2) is 22.9 Å². The summed E-state index contributed by atoms with van der Waals surface area (Å²) in [6.07, 6.45) is 0.00850. The molecule has 0 bridgehead atoms. The highest BCUT2D eigenvalue weighted by molar-refractivity contribution is 6.51. The first kappa shape index (κ1) is 26.2. The Bertz CT molecular complexity index is 1570. The van der Waals surface area contributed by atoms with Gasteiger partial charge in [0.15, 0.2) is 0 Å². The normalized spacial score (nSPS) is 17.3. The Morgan fingerprint density at radius 2 is 1.49 bits per heavy atom. The minimum atomic E-state index is -0.808. The second-order valence-electron chi connectivity index (χ2n) is 11.2. The van der Waals surface area contributed by atoms with Crippen LogP contribution in [0.1, 0.15) is 57.4 Å². The number of hydrogen-bond acceptors (Lipinski definition) is 4. The zero-order valence-corrected chi connectivity index (χ0v) is 22.9. The summed E-state index contributed by atoms with van der Waals surface area (Å²) in [5.41, 5.74) is 2.92. The van der Waals surface area contributed by atoms with Crippen molar-refractivity contribution in [3.63, 3.8) is 0 Å². The number of rotatable bonds is 5. The smallest absolute Gasteiger partial charge is 0.300 e. The van der Waals surface area contributed by atoms with Crippen molar-refractivity contribution in [2.45, 2.75) is 52.2 Å². The molecule has 5 rings (SSSR count). The molecular formula is C34H33NO4. The van der Waals surface area contributed by atoms with Crippen molar-refractivity contribution in [3.05, 3.63) is 113 Å². The van der Waals surface area contributed by atoms with Crippen molar-refractivity contribution in [1.29, 1.82) is 0 Å². The average Bonchev–Trinajstić information content (AvgIpc) is 3.17. The topological polar surface area (TPSA) is 66.8 Å². The number of hydrogen-bond donors (Lipinski definition) is 1. The van der Waals surface area contributed by atoms with Gasteiger partial charge in [-0.1, -0.05) is 87.5 Å². The first-order chi connectivity index (χ1) is 18.6. The summed E-state index contributed by atoms with van der Waals surface area (Å²) in [5, 5.41) is 13.4. The summed E-state index contributed by atoms with van der Waals surface area (Å²) in [7, 11) is 0. The number of aliphatic hydroxyl groups excluding tert-OH is 1. The number of Topliss-reactive ketones (excluding diaryl/α,β-unsaturated/α-hetero) is 1. The van der Waals surface area contributed by atoms with Gasteiger partial charge >= 0.3 is 0 Å². The number of benzene rings is 4. The van der Waals surface area contributed by atoms with Gasteiger partial charge in [0.25, 0.3) is 11.7 Å². The third-order valence-corrected chi connectivity index (χ3v) is 7.07. The molecule has 1 amide bonds. The molecule has 1 atom stereocenters. The monoisotopic (exact) mass is 519 g/mol. The van der Waals surface area contributed by atoms with Gasteiger partial charge in [-0.05, 0) is 65.4 Å². The zero-order chi connectivity index (χ0) is 27.9. The number of anilines is 1. The average molecular weight is 520 g/mol. The van der Waals surface area contributed by atoms with Crippen LogP contribution in [0.15, 0.2) is 96.6 Å². The minimum Gasteiger partial charge on any atom is -0.507 e. The van der Waals surface area contributed by atoms with Gasteiger partial charge in [0, 0.05) is 11.3 Å². The van der Waals surface area contributed by atoms with Crippen LogP contribution in [0, 0.1) is 0 Å². The number of nitrogens with zero attached hydrogens (tertiary/aromatic N) is 1. The van der Waals surface area contributed by atoms with E-state index in [0.29, 0.717) is 22.6 Å². The molecule has 1 aliphatic heterocycles. The standard InChI is InChI=1S/C34H33NO4/c1-21(2)39-26-19-13-23(14-20-26)30-29(31(36)28-12-8-10-22-9-6-7-11-27(22)28)32(37)33(38)35(30)25-17-15-24(16-18-25)34(3,4)5/h6-21,30,36H,1-5H3/b31-29-. The van der Waals surface area contributed by atoms with Gasteiger partial charge in [-0.3, -0.25) is 14.5 Å². The van der Waals surface area contributed by atoms with Crippen LogP contribution >= 0.6 is 0 Å². The van der Waals surface area contributed by atoms with Crippen LogP contribution < -0.4 is 9.64 Å². The molecule has 0 aliphatic carbocycles. The Labute approximate surface area is 229 Å². The molecule has 0 saturated carbocycles. The van der Waals surface area contributed by atoms with E-state index >= 15 is 0 Å². The lowest BCUT2D eigenvalue weighted by molar-refractivity contribution is -0.132. The summed E-state index contributed by atoms with van der Waals surface area (Å²) in [4.78, 5) is 28.7. The number of ether oxygens (including phenoxy) is 1. The number of amides is 1. The first-order valence-electron chi connectivity index (χ1n) is 13.2. The van der Waals surface area contributed by atoms with E-state index in [4.69, 9.17) is 4.74 Å². The van der Waals surface area contributed by atoms with Crippen molar-refractivity contribution in [2.24, 2.45) is 0 Å². The number of fused-ring (bicyclic) bond motifs is 1. The van der Waals surface area contributed by atoms with Gasteiger partial charge < -0.3 is 9.84 Å². The van der Waals surface area contributed by atoms with Crippen molar-refractivity contribution in [3.8, 4) is 5.75 Å².